The van der Waals surface area contributed by atoms with E-state index < -0.39 is 17.8 Å². The second kappa shape index (κ2) is 6.88. The largest absolute Gasteiger partial charge is 0.347 e. The molecule has 1 spiro atoms. The highest BCUT2D eigenvalue weighted by atomic mass is 32.1. The Bertz CT molecular complexity index is 932. The molecule has 0 aliphatic heterocycles. The number of carbonyl (C=O) groups is 2. The third kappa shape index (κ3) is 3.17. The molecule has 2 aliphatic rings. The Hall–Kier alpha value is -2.42. The highest BCUT2D eigenvalue weighted by Gasteiger charge is 2.51. The van der Waals surface area contributed by atoms with Gasteiger partial charge in [-0.2, -0.15) is 13.8 Å². The van der Waals surface area contributed by atoms with E-state index in [4.69, 9.17) is 0 Å². The molecule has 2 fully saturated rings. The maximum absolute atomic E-state index is 13.5. The monoisotopic (exact) mass is 406 g/mol. The third-order valence-corrected chi connectivity index (χ3v) is 6.79. The average Bonchev–Trinajstić information content (AvgIpc) is 2.90. The predicted molar refractivity (Wildman–Crippen MR) is 101 cm³/mol. The number of aromatic nitrogens is 2. The number of rotatable bonds is 4. The average molecular weight is 406 g/mol. The number of carbonyl (C=O) groups excluding carboxylic acids is 2. The number of amides is 2. The minimum absolute atomic E-state index is 0.0226. The van der Waals surface area contributed by atoms with Crippen molar-refractivity contribution < 1.29 is 18.4 Å². The van der Waals surface area contributed by atoms with Crippen LogP contribution in [0.25, 0.3) is 0 Å². The molecule has 4 rings (SSSR count). The molecule has 148 valence electrons. The maximum atomic E-state index is 13.5. The van der Waals surface area contributed by atoms with Crippen LogP contribution in [0.1, 0.15) is 54.4 Å². The standard InChI is InChI=1S/C19H20F2N4O2S/c1-10-16(17(27)22-13-4-7-19(13)5-3-6-19)24-18(28-10)25(11(2)26)12-8-14(20)23-15(21)9-12/h8-9,13H,3-7H2,1-2H3,(H,22,27)/t13-/m1/s1. The summed E-state index contributed by atoms with van der Waals surface area (Å²) in [6.45, 7) is 3.00. The molecule has 6 nitrogen and oxygen atoms in total. The number of halogens is 2. The van der Waals surface area contributed by atoms with Crippen molar-refractivity contribution in [1.82, 2.24) is 15.3 Å². The minimum atomic E-state index is -1.04. The SMILES string of the molecule is CC(=O)N(c1cc(F)nc(F)c1)c1nc(C(=O)N[C@@H]2CCC23CCC3)c(C)s1. The molecule has 2 aliphatic carbocycles. The van der Waals surface area contributed by atoms with Crippen molar-refractivity contribution in [3.63, 3.8) is 0 Å². The van der Waals surface area contributed by atoms with Crippen LogP contribution in [0.15, 0.2) is 12.1 Å². The summed E-state index contributed by atoms with van der Waals surface area (Å²) < 4.78 is 27.0. The van der Waals surface area contributed by atoms with Gasteiger partial charge in [-0.05, 0) is 38.0 Å². The van der Waals surface area contributed by atoms with Gasteiger partial charge >= 0.3 is 0 Å². The fraction of sp³-hybridized carbons (Fsp3) is 0.474. The Labute approximate surface area is 165 Å². The lowest BCUT2D eigenvalue weighted by Crippen LogP contribution is -2.58. The number of aryl methyl sites for hydroxylation is 1. The molecule has 1 N–H and O–H groups in total. The molecule has 1 atom stereocenters. The highest BCUT2D eigenvalue weighted by molar-refractivity contribution is 7.16. The van der Waals surface area contributed by atoms with Crippen LogP contribution < -0.4 is 10.2 Å². The van der Waals surface area contributed by atoms with E-state index in [1.54, 1.807) is 6.92 Å². The Morgan fingerprint density at radius 3 is 2.39 bits per heavy atom. The summed E-state index contributed by atoms with van der Waals surface area (Å²) in [7, 11) is 0. The molecule has 0 aromatic carbocycles. The second-order valence-corrected chi connectivity index (χ2v) is 8.69. The van der Waals surface area contributed by atoms with Crippen molar-refractivity contribution in [2.45, 2.75) is 52.0 Å². The predicted octanol–water partition coefficient (Wildman–Crippen LogP) is 3.87. The first-order valence-corrected chi connectivity index (χ1v) is 10.0. The van der Waals surface area contributed by atoms with Gasteiger partial charge < -0.3 is 5.32 Å². The number of nitrogens with zero attached hydrogens (tertiary/aromatic N) is 3. The molecule has 0 bridgehead atoms. The van der Waals surface area contributed by atoms with E-state index in [9.17, 15) is 18.4 Å². The summed E-state index contributed by atoms with van der Waals surface area (Å²) in [6.07, 6.45) is 5.62. The molecule has 2 heterocycles. The zero-order chi connectivity index (χ0) is 20.1. The first-order valence-electron chi connectivity index (χ1n) is 9.21. The van der Waals surface area contributed by atoms with Gasteiger partial charge in [0.25, 0.3) is 5.91 Å². The highest BCUT2D eigenvalue weighted by Crippen LogP contribution is 2.55. The summed E-state index contributed by atoms with van der Waals surface area (Å²) in [5.74, 6) is -2.82. The van der Waals surface area contributed by atoms with Crippen LogP contribution >= 0.6 is 11.3 Å². The van der Waals surface area contributed by atoms with Crippen LogP contribution in [0.5, 0.6) is 0 Å². The van der Waals surface area contributed by atoms with Gasteiger partial charge in [0.1, 0.15) is 5.69 Å². The van der Waals surface area contributed by atoms with Crippen molar-refractivity contribution in [3.8, 4) is 0 Å². The van der Waals surface area contributed by atoms with Crippen molar-refractivity contribution in [2.24, 2.45) is 5.41 Å². The molecule has 9 heteroatoms. The molecule has 28 heavy (non-hydrogen) atoms. The lowest BCUT2D eigenvalue weighted by molar-refractivity contribution is -0.115. The Kier molecular flexibility index (Phi) is 4.65. The quantitative estimate of drug-likeness (QED) is 0.782. The number of hydrogen-bond acceptors (Lipinski definition) is 5. The fourth-order valence-electron chi connectivity index (χ4n) is 4.08. The Balaban J connectivity index is 1.59. The topological polar surface area (TPSA) is 75.2 Å². The third-order valence-electron chi connectivity index (χ3n) is 5.84. The van der Waals surface area contributed by atoms with Crippen molar-refractivity contribution in [2.75, 3.05) is 4.90 Å². The van der Waals surface area contributed by atoms with E-state index >= 15 is 0 Å². The Morgan fingerprint density at radius 1 is 1.21 bits per heavy atom. The first-order chi connectivity index (χ1) is 13.3. The number of thiazole rings is 1. The van der Waals surface area contributed by atoms with Crippen LogP contribution in [-0.4, -0.2) is 27.8 Å². The van der Waals surface area contributed by atoms with E-state index in [-0.39, 0.29) is 33.9 Å². The number of nitrogens with one attached hydrogen (secondary N) is 1. The van der Waals surface area contributed by atoms with Crippen molar-refractivity contribution >= 4 is 34.0 Å². The van der Waals surface area contributed by atoms with Crippen LogP contribution in [0.2, 0.25) is 0 Å². The van der Waals surface area contributed by atoms with Gasteiger partial charge in [0, 0.05) is 30.0 Å². The first kappa shape index (κ1) is 18.9. The molecule has 0 radical (unpaired) electrons. The van der Waals surface area contributed by atoms with Crippen LogP contribution in [0.4, 0.5) is 19.6 Å². The Morgan fingerprint density at radius 2 is 1.89 bits per heavy atom. The number of hydrogen-bond donors (Lipinski definition) is 1. The van der Waals surface area contributed by atoms with Crippen molar-refractivity contribution in [3.05, 3.63) is 34.6 Å². The van der Waals surface area contributed by atoms with E-state index in [1.807, 2.05) is 0 Å². The van der Waals surface area contributed by atoms with Gasteiger partial charge in [0.15, 0.2) is 5.13 Å². The van der Waals surface area contributed by atoms with Crippen LogP contribution in [0, 0.1) is 24.2 Å². The summed E-state index contributed by atoms with van der Waals surface area (Å²) >= 11 is 1.13. The molecular weight excluding hydrogens is 386 g/mol. The van der Waals surface area contributed by atoms with Gasteiger partial charge in [-0.15, -0.1) is 11.3 Å². The molecule has 2 saturated carbocycles. The normalized spacial score (nSPS) is 19.6. The van der Waals surface area contributed by atoms with Gasteiger partial charge in [-0.25, -0.2) is 4.98 Å². The van der Waals surface area contributed by atoms with E-state index in [1.165, 1.54) is 13.3 Å². The summed E-state index contributed by atoms with van der Waals surface area (Å²) in [5.41, 5.74) is 0.480. The fourth-order valence-corrected chi connectivity index (χ4v) is 5.05. The maximum Gasteiger partial charge on any atom is 0.271 e. The van der Waals surface area contributed by atoms with Crippen molar-refractivity contribution in [1.29, 1.82) is 0 Å². The molecule has 2 aromatic rings. The van der Waals surface area contributed by atoms with E-state index in [0.29, 0.717) is 4.88 Å². The van der Waals surface area contributed by atoms with Crippen LogP contribution in [-0.2, 0) is 4.79 Å². The molecule has 0 saturated heterocycles. The lowest BCUT2D eigenvalue weighted by atomic mass is 9.53. The summed E-state index contributed by atoms with van der Waals surface area (Å²) in [6, 6.07) is 2.08. The van der Waals surface area contributed by atoms with Gasteiger partial charge in [0.05, 0.1) is 5.69 Å². The lowest BCUT2D eigenvalue weighted by Gasteiger charge is -2.56. The summed E-state index contributed by atoms with van der Waals surface area (Å²) in [5, 5.41) is 3.26. The second-order valence-electron chi connectivity index (χ2n) is 7.51. The molecular formula is C19H20F2N4O2S. The van der Waals surface area contributed by atoms with E-state index in [2.05, 4.69) is 15.3 Å². The smallest absolute Gasteiger partial charge is 0.271 e. The van der Waals surface area contributed by atoms with E-state index in [0.717, 1.165) is 54.1 Å². The summed E-state index contributed by atoms with van der Waals surface area (Å²) in [4.78, 5) is 34.0. The zero-order valence-electron chi connectivity index (χ0n) is 15.6. The number of pyridine rings is 1. The zero-order valence-corrected chi connectivity index (χ0v) is 16.4. The van der Waals surface area contributed by atoms with Crippen LogP contribution in [0.3, 0.4) is 0 Å². The minimum Gasteiger partial charge on any atom is -0.347 e. The van der Waals surface area contributed by atoms with Gasteiger partial charge in [0.2, 0.25) is 17.8 Å². The van der Waals surface area contributed by atoms with Gasteiger partial charge in [-0.1, -0.05) is 6.42 Å². The van der Waals surface area contributed by atoms with Gasteiger partial charge in [-0.3, -0.25) is 14.5 Å². The molecule has 2 amide bonds. The number of anilines is 2. The molecule has 2 aromatic heterocycles. The molecule has 0 unspecified atom stereocenters.